The fraction of sp³-hybridized carbons (Fsp3) is 0.533. The van der Waals surface area contributed by atoms with Crippen molar-refractivity contribution in [3.63, 3.8) is 0 Å². The standard InChI is InChI=1S/C30H40ClN7O6/c1-28(2,3)42-25(39)36-14-12-35(13-15-36)22-17-23(34-24(31)33-22)37(26(40)43-29(4,5)6)20-10-11-21-19(16-20)18-32-38(21)27(41)44-30(7,8)9/h10-11,16-18H,12-15H2,1-9H3. The highest BCUT2D eigenvalue weighted by Gasteiger charge is 2.30. The summed E-state index contributed by atoms with van der Waals surface area (Å²) in [5.41, 5.74) is -1.19. The number of anilines is 3. The van der Waals surface area contributed by atoms with Gasteiger partial charge in [0.1, 0.15) is 28.4 Å². The van der Waals surface area contributed by atoms with Crippen LogP contribution in [0, 0.1) is 0 Å². The zero-order chi connectivity index (χ0) is 32.6. The van der Waals surface area contributed by atoms with Gasteiger partial charge in [-0.05, 0) is 92.1 Å². The van der Waals surface area contributed by atoms with Gasteiger partial charge in [-0.1, -0.05) is 0 Å². The number of carbonyl (C=O) groups is 3. The number of ether oxygens (including phenoxy) is 3. The molecule has 1 aliphatic heterocycles. The van der Waals surface area contributed by atoms with Crippen molar-refractivity contribution in [2.75, 3.05) is 36.0 Å². The molecule has 238 valence electrons. The molecule has 2 aromatic heterocycles. The Hall–Kier alpha value is -4.13. The van der Waals surface area contributed by atoms with E-state index in [0.717, 1.165) is 0 Å². The first-order valence-electron chi connectivity index (χ1n) is 14.3. The summed E-state index contributed by atoms with van der Waals surface area (Å²) in [6.45, 7) is 17.9. The quantitative estimate of drug-likeness (QED) is 0.237. The molecule has 0 saturated carbocycles. The maximum atomic E-state index is 13.6. The van der Waals surface area contributed by atoms with Gasteiger partial charge in [0.25, 0.3) is 0 Å². The Bertz CT molecular complexity index is 1550. The van der Waals surface area contributed by atoms with Crippen LogP contribution in [0.3, 0.4) is 0 Å². The van der Waals surface area contributed by atoms with Crippen LogP contribution >= 0.6 is 11.6 Å². The number of halogens is 1. The molecule has 14 heteroatoms. The van der Waals surface area contributed by atoms with Crippen LogP contribution < -0.4 is 9.80 Å². The maximum Gasteiger partial charge on any atom is 0.435 e. The molecule has 13 nitrogen and oxygen atoms in total. The number of carbonyl (C=O) groups excluding carboxylic acids is 3. The molecular formula is C30H40ClN7O6. The lowest BCUT2D eigenvalue weighted by atomic mass is 10.2. The van der Waals surface area contributed by atoms with Crippen LogP contribution in [-0.2, 0) is 14.2 Å². The fourth-order valence-corrected chi connectivity index (χ4v) is 4.54. The number of aromatic nitrogens is 4. The number of benzene rings is 1. The lowest BCUT2D eigenvalue weighted by Crippen LogP contribution is -2.50. The van der Waals surface area contributed by atoms with Crippen molar-refractivity contribution < 1.29 is 28.6 Å². The van der Waals surface area contributed by atoms with E-state index in [9.17, 15) is 14.4 Å². The lowest BCUT2D eigenvalue weighted by Gasteiger charge is -2.36. The second-order valence-electron chi connectivity index (χ2n) is 13.4. The monoisotopic (exact) mass is 629 g/mol. The third-order valence-corrected chi connectivity index (χ3v) is 6.28. The van der Waals surface area contributed by atoms with Gasteiger partial charge in [-0.3, -0.25) is 0 Å². The molecule has 0 spiro atoms. The fourth-order valence-electron chi connectivity index (χ4n) is 4.36. The van der Waals surface area contributed by atoms with Crippen molar-refractivity contribution in [2.24, 2.45) is 0 Å². The predicted molar refractivity (Wildman–Crippen MR) is 167 cm³/mol. The molecule has 2 amide bonds. The summed E-state index contributed by atoms with van der Waals surface area (Å²) in [6.07, 6.45) is -0.173. The largest absolute Gasteiger partial charge is 0.444 e. The molecule has 44 heavy (non-hydrogen) atoms. The third kappa shape index (κ3) is 8.28. The van der Waals surface area contributed by atoms with Gasteiger partial charge in [-0.15, -0.1) is 0 Å². The number of piperazine rings is 1. The van der Waals surface area contributed by atoms with Gasteiger partial charge in [-0.25, -0.2) is 24.3 Å². The van der Waals surface area contributed by atoms with Gasteiger partial charge >= 0.3 is 18.3 Å². The van der Waals surface area contributed by atoms with E-state index in [1.807, 2.05) is 25.7 Å². The Labute approximate surface area is 262 Å². The minimum absolute atomic E-state index is 0.0700. The van der Waals surface area contributed by atoms with E-state index in [-0.39, 0.29) is 17.2 Å². The molecular weight excluding hydrogens is 590 g/mol. The summed E-state index contributed by atoms with van der Waals surface area (Å²) >= 11 is 6.40. The molecule has 1 fully saturated rings. The van der Waals surface area contributed by atoms with Crippen molar-refractivity contribution in [3.8, 4) is 0 Å². The highest BCUT2D eigenvalue weighted by molar-refractivity contribution is 6.28. The van der Waals surface area contributed by atoms with Crippen LogP contribution in [0.15, 0.2) is 30.5 Å². The Morgan fingerprint density at radius 3 is 1.98 bits per heavy atom. The number of hydrogen-bond acceptors (Lipinski definition) is 10. The minimum Gasteiger partial charge on any atom is -0.444 e. The summed E-state index contributed by atoms with van der Waals surface area (Å²) in [5, 5.41) is 4.72. The molecule has 1 aliphatic rings. The summed E-state index contributed by atoms with van der Waals surface area (Å²) in [6, 6.07) is 6.66. The molecule has 0 atom stereocenters. The molecule has 0 bridgehead atoms. The SMILES string of the molecule is CC(C)(C)OC(=O)N1CCN(c2cc(N(C(=O)OC(C)(C)C)c3ccc4c(cnn4C(=O)OC(C)(C)C)c3)nc(Cl)n2)CC1. The van der Waals surface area contributed by atoms with Crippen LogP contribution in [0.2, 0.25) is 5.28 Å². The lowest BCUT2D eigenvalue weighted by molar-refractivity contribution is 0.0239. The van der Waals surface area contributed by atoms with Crippen molar-refractivity contribution in [3.05, 3.63) is 35.7 Å². The Morgan fingerprint density at radius 2 is 1.39 bits per heavy atom. The van der Waals surface area contributed by atoms with E-state index in [1.54, 1.807) is 70.7 Å². The molecule has 0 radical (unpaired) electrons. The van der Waals surface area contributed by atoms with Crippen molar-refractivity contribution >= 4 is 58.1 Å². The van der Waals surface area contributed by atoms with Gasteiger partial charge in [0, 0.05) is 37.6 Å². The molecule has 3 aromatic rings. The van der Waals surface area contributed by atoms with E-state index in [1.165, 1.54) is 15.8 Å². The summed E-state index contributed by atoms with van der Waals surface area (Å²) < 4.78 is 17.9. The zero-order valence-electron chi connectivity index (χ0n) is 26.7. The Balaban J connectivity index is 1.66. The van der Waals surface area contributed by atoms with Crippen LogP contribution in [0.25, 0.3) is 10.9 Å². The zero-order valence-corrected chi connectivity index (χ0v) is 27.4. The highest BCUT2D eigenvalue weighted by Crippen LogP contribution is 2.32. The first-order chi connectivity index (χ1) is 20.3. The molecule has 0 unspecified atom stereocenters. The number of hydrogen-bond donors (Lipinski definition) is 0. The van der Waals surface area contributed by atoms with Gasteiger partial charge in [0.15, 0.2) is 0 Å². The second-order valence-corrected chi connectivity index (χ2v) is 13.7. The molecule has 0 N–H and O–H groups in total. The maximum absolute atomic E-state index is 13.6. The van der Waals surface area contributed by atoms with Gasteiger partial charge in [-0.2, -0.15) is 14.8 Å². The third-order valence-electron chi connectivity index (χ3n) is 6.11. The Kier molecular flexibility index (Phi) is 9.01. The van der Waals surface area contributed by atoms with Crippen molar-refractivity contribution in [2.45, 2.75) is 79.1 Å². The number of fused-ring (bicyclic) bond motifs is 1. The summed E-state index contributed by atoms with van der Waals surface area (Å²) in [5.74, 6) is 0.666. The summed E-state index contributed by atoms with van der Waals surface area (Å²) in [4.78, 5) is 52.6. The van der Waals surface area contributed by atoms with Crippen LogP contribution in [0.1, 0.15) is 62.3 Å². The minimum atomic E-state index is -0.807. The van der Waals surface area contributed by atoms with E-state index in [2.05, 4.69) is 15.1 Å². The molecule has 3 heterocycles. The number of rotatable bonds is 3. The number of amides is 2. The predicted octanol–water partition coefficient (Wildman–Crippen LogP) is 6.39. The van der Waals surface area contributed by atoms with E-state index in [0.29, 0.717) is 48.6 Å². The topological polar surface area (TPSA) is 132 Å². The molecule has 0 aliphatic carbocycles. The normalized spacial score (nSPS) is 14.4. The Morgan fingerprint density at radius 1 is 0.795 bits per heavy atom. The average molecular weight is 630 g/mol. The van der Waals surface area contributed by atoms with E-state index in [4.69, 9.17) is 25.8 Å². The van der Waals surface area contributed by atoms with Gasteiger partial charge < -0.3 is 24.0 Å². The molecule has 1 saturated heterocycles. The highest BCUT2D eigenvalue weighted by atomic mass is 35.5. The van der Waals surface area contributed by atoms with Crippen molar-refractivity contribution in [1.82, 2.24) is 24.6 Å². The first kappa shape index (κ1) is 32.8. The molecule has 1 aromatic carbocycles. The molecule has 4 rings (SSSR count). The smallest absolute Gasteiger partial charge is 0.435 e. The van der Waals surface area contributed by atoms with E-state index < -0.39 is 29.0 Å². The second kappa shape index (κ2) is 12.1. The average Bonchev–Trinajstić information content (AvgIpc) is 3.29. The first-order valence-corrected chi connectivity index (χ1v) is 14.7. The van der Waals surface area contributed by atoms with Crippen molar-refractivity contribution in [1.29, 1.82) is 0 Å². The van der Waals surface area contributed by atoms with Crippen LogP contribution in [-0.4, -0.2) is 85.9 Å². The van der Waals surface area contributed by atoms with Crippen LogP contribution in [0.5, 0.6) is 0 Å². The summed E-state index contributed by atoms with van der Waals surface area (Å²) in [7, 11) is 0. The van der Waals surface area contributed by atoms with Gasteiger partial charge in [0.05, 0.1) is 17.4 Å². The number of nitrogens with zero attached hydrogens (tertiary/aromatic N) is 7. The van der Waals surface area contributed by atoms with E-state index >= 15 is 0 Å². The van der Waals surface area contributed by atoms with Gasteiger partial charge in [0.2, 0.25) is 5.28 Å². The van der Waals surface area contributed by atoms with Crippen LogP contribution in [0.4, 0.5) is 31.7 Å².